The SMILES string of the molecule is O=C(CSc1nc2ccccc2c(=O)n1-c1ccc(Br)cc1)N/N=C/c1ccc(Br)cc1. The van der Waals surface area contributed by atoms with Crippen molar-refractivity contribution >= 4 is 66.6 Å². The second kappa shape index (κ2) is 10.2. The van der Waals surface area contributed by atoms with Gasteiger partial charge in [0.05, 0.1) is 28.6 Å². The summed E-state index contributed by atoms with van der Waals surface area (Å²) in [4.78, 5) is 30.2. The zero-order valence-electron chi connectivity index (χ0n) is 16.5. The number of carbonyl (C=O) groups excluding carboxylic acids is 1. The Hall–Kier alpha value is -2.75. The molecule has 32 heavy (non-hydrogen) atoms. The highest BCUT2D eigenvalue weighted by molar-refractivity contribution is 9.10. The van der Waals surface area contributed by atoms with Crippen LogP contribution in [0.15, 0.2) is 96.8 Å². The third-order valence-corrected chi connectivity index (χ3v) is 6.43. The molecule has 9 heteroatoms. The third kappa shape index (κ3) is 5.35. The lowest BCUT2D eigenvalue weighted by molar-refractivity contribution is -0.118. The summed E-state index contributed by atoms with van der Waals surface area (Å²) >= 11 is 7.97. The van der Waals surface area contributed by atoms with Crippen molar-refractivity contribution in [1.82, 2.24) is 15.0 Å². The van der Waals surface area contributed by atoms with Gasteiger partial charge in [-0.05, 0) is 54.1 Å². The molecule has 6 nitrogen and oxygen atoms in total. The fourth-order valence-corrected chi connectivity index (χ4v) is 4.25. The molecule has 0 aliphatic rings. The maximum Gasteiger partial charge on any atom is 0.266 e. The first-order valence-electron chi connectivity index (χ1n) is 9.49. The lowest BCUT2D eigenvalue weighted by Crippen LogP contribution is -2.24. The highest BCUT2D eigenvalue weighted by atomic mass is 79.9. The zero-order chi connectivity index (χ0) is 22.5. The molecular formula is C23H16Br2N4O2S. The molecule has 4 rings (SSSR count). The summed E-state index contributed by atoms with van der Waals surface area (Å²) in [5, 5.41) is 4.94. The van der Waals surface area contributed by atoms with Crippen molar-refractivity contribution in [2.45, 2.75) is 5.16 Å². The number of aromatic nitrogens is 2. The van der Waals surface area contributed by atoms with Crippen LogP contribution in [0.2, 0.25) is 0 Å². The normalized spacial score (nSPS) is 11.2. The Morgan fingerprint density at radius 3 is 2.38 bits per heavy atom. The first-order chi connectivity index (χ1) is 15.5. The molecule has 0 aliphatic heterocycles. The van der Waals surface area contributed by atoms with E-state index in [4.69, 9.17) is 0 Å². The zero-order valence-corrected chi connectivity index (χ0v) is 20.5. The van der Waals surface area contributed by atoms with Gasteiger partial charge >= 0.3 is 0 Å². The second-order valence-electron chi connectivity index (χ2n) is 6.66. The van der Waals surface area contributed by atoms with Gasteiger partial charge in [-0.1, -0.05) is 67.9 Å². The lowest BCUT2D eigenvalue weighted by Gasteiger charge is -2.13. The highest BCUT2D eigenvalue weighted by Crippen LogP contribution is 2.22. The van der Waals surface area contributed by atoms with Crippen LogP contribution in [0.1, 0.15) is 5.56 Å². The molecule has 160 valence electrons. The quantitative estimate of drug-likeness (QED) is 0.150. The number of rotatable bonds is 6. The molecule has 1 heterocycles. The molecule has 1 aromatic heterocycles. The first-order valence-corrected chi connectivity index (χ1v) is 12.1. The van der Waals surface area contributed by atoms with Crippen molar-refractivity contribution in [3.8, 4) is 5.69 Å². The third-order valence-electron chi connectivity index (χ3n) is 4.43. The molecule has 0 fully saturated rings. The van der Waals surface area contributed by atoms with Crippen LogP contribution >= 0.6 is 43.6 Å². The Labute approximate surface area is 205 Å². The number of fused-ring (bicyclic) bond motifs is 1. The van der Waals surface area contributed by atoms with Crippen LogP contribution in [0.3, 0.4) is 0 Å². The molecule has 0 saturated heterocycles. The van der Waals surface area contributed by atoms with Crippen LogP contribution < -0.4 is 11.0 Å². The Bertz CT molecular complexity index is 1350. The van der Waals surface area contributed by atoms with E-state index in [1.54, 1.807) is 24.4 Å². The number of hydrazone groups is 1. The molecule has 0 spiro atoms. The summed E-state index contributed by atoms with van der Waals surface area (Å²) in [7, 11) is 0. The summed E-state index contributed by atoms with van der Waals surface area (Å²) in [5.74, 6) is -0.243. The van der Waals surface area contributed by atoms with Crippen LogP contribution in [-0.4, -0.2) is 27.4 Å². The number of amides is 1. The second-order valence-corrected chi connectivity index (χ2v) is 9.44. The largest absolute Gasteiger partial charge is 0.272 e. The average molecular weight is 572 g/mol. The number of hydrogen-bond donors (Lipinski definition) is 1. The fourth-order valence-electron chi connectivity index (χ4n) is 2.92. The minimum atomic E-state index is -0.298. The van der Waals surface area contributed by atoms with Crippen molar-refractivity contribution in [2.75, 3.05) is 5.75 Å². The predicted molar refractivity (Wildman–Crippen MR) is 136 cm³/mol. The molecule has 0 atom stereocenters. The molecule has 0 saturated carbocycles. The standard InChI is InChI=1S/C23H16Br2N4O2S/c24-16-7-5-15(6-8-16)13-26-28-21(30)14-32-23-27-20-4-2-1-3-19(20)22(31)29(23)18-11-9-17(25)10-12-18/h1-13H,14H2,(H,28,30)/b26-13+. The van der Waals surface area contributed by atoms with Crippen LogP contribution in [0.4, 0.5) is 0 Å². The molecule has 4 aromatic rings. The monoisotopic (exact) mass is 570 g/mol. The fraction of sp³-hybridized carbons (Fsp3) is 0.0435. The maximum atomic E-state index is 13.2. The van der Waals surface area contributed by atoms with Crippen molar-refractivity contribution in [1.29, 1.82) is 0 Å². The molecule has 3 aromatic carbocycles. The molecule has 0 aliphatic carbocycles. The topological polar surface area (TPSA) is 76.3 Å². The van der Waals surface area contributed by atoms with Crippen molar-refractivity contribution < 1.29 is 4.79 Å². The summed E-state index contributed by atoms with van der Waals surface area (Å²) in [6.07, 6.45) is 1.57. The van der Waals surface area contributed by atoms with Crippen LogP contribution in [0.5, 0.6) is 0 Å². The van der Waals surface area contributed by atoms with Crippen LogP contribution in [-0.2, 0) is 4.79 Å². The van der Waals surface area contributed by atoms with Gasteiger partial charge in [0, 0.05) is 8.95 Å². The van der Waals surface area contributed by atoms with Gasteiger partial charge in [0.25, 0.3) is 11.5 Å². The number of nitrogens with zero attached hydrogens (tertiary/aromatic N) is 3. The summed E-state index contributed by atoms with van der Waals surface area (Å²) in [6.45, 7) is 0. The van der Waals surface area contributed by atoms with Gasteiger partial charge in [0.15, 0.2) is 5.16 Å². The minimum absolute atomic E-state index is 0.0545. The van der Waals surface area contributed by atoms with E-state index in [0.29, 0.717) is 21.7 Å². The van der Waals surface area contributed by atoms with E-state index in [9.17, 15) is 9.59 Å². The number of thioether (sulfide) groups is 1. The molecular weight excluding hydrogens is 556 g/mol. The molecule has 0 bridgehead atoms. The molecule has 1 amide bonds. The summed E-state index contributed by atoms with van der Waals surface area (Å²) in [6, 6.07) is 22.1. The van der Waals surface area contributed by atoms with Gasteiger partial charge < -0.3 is 0 Å². The Morgan fingerprint density at radius 1 is 1.00 bits per heavy atom. The van der Waals surface area contributed by atoms with Crippen molar-refractivity contribution in [3.63, 3.8) is 0 Å². The molecule has 0 unspecified atom stereocenters. The number of hydrogen-bond acceptors (Lipinski definition) is 5. The van der Waals surface area contributed by atoms with Crippen LogP contribution in [0, 0.1) is 0 Å². The average Bonchev–Trinajstić information content (AvgIpc) is 2.80. The van der Waals surface area contributed by atoms with Gasteiger partial charge in [0.2, 0.25) is 0 Å². The first kappa shape index (κ1) is 22.4. The van der Waals surface area contributed by atoms with Gasteiger partial charge in [-0.15, -0.1) is 0 Å². The van der Waals surface area contributed by atoms with Gasteiger partial charge in [-0.3, -0.25) is 14.2 Å². The lowest BCUT2D eigenvalue weighted by atomic mass is 10.2. The number of benzene rings is 3. The minimum Gasteiger partial charge on any atom is -0.272 e. The molecule has 0 radical (unpaired) electrons. The van der Waals surface area contributed by atoms with E-state index in [-0.39, 0.29) is 17.2 Å². The van der Waals surface area contributed by atoms with Crippen molar-refractivity contribution in [2.24, 2.45) is 5.10 Å². The highest BCUT2D eigenvalue weighted by Gasteiger charge is 2.14. The summed E-state index contributed by atoms with van der Waals surface area (Å²) in [5.41, 5.74) is 4.45. The number of nitrogens with one attached hydrogen (secondary N) is 1. The van der Waals surface area contributed by atoms with E-state index in [1.807, 2.05) is 54.6 Å². The van der Waals surface area contributed by atoms with E-state index in [0.717, 1.165) is 14.5 Å². The summed E-state index contributed by atoms with van der Waals surface area (Å²) < 4.78 is 3.40. The van der Waals surface area contributed by atoms with Gasteiger partial charge in [0.1, 0.15) is 0 Å². The van der Waals surface area contributed by atoms with Crippen molar-refractivity contribution in [3.05, 3.63) is 97.7 Å². The maximum absolute atomic E-state index is 13.2. The smallest absolute Gasteiger partial charge is 0.266 e. The van der Waals surface area contributed by atoms with E-state index >= 15 is 0 Å². The number of halogens is 2. The Morgan fingerprint density at radius 2 is 1.66 bits per heavy atom. The number of para-hydroxylation sites is 1. The van der Waals surface area contributed by atoms with E-state index in [1.165, 1.54) is 16.3 Å². The Balaban J connectivity index is 1.56. The predicted octanol–water partition coefficient (Wildman–Crippen LogP) is 5.15. The van der Waals surface area contributed by atoms with Gasteiger partial charge in [-0.2, -0.15) is 5.10 Å². The van der Waals surface area contributed by atoms with E-state index < -0.39 is 0 Å². The van der Waals surface area contributed by atoms with Crippen LogP contribution in [0.25, 0.3) is 16.6 Å². The van der Waals surface area contributed by atoms with E-state index in [2.05, 4.69) is 47.4 Å². The molecule has 1 N–H and O–H groups in total. The van der Waals surface area contributed by atoms with Gasteiger partial charge in [-0.25, -0.2) is 10.4 Å². The Kier molecular flexibility index (Phi) is 7.19. The number of carbonyl (C=O) groups is 1.